The Bertz CT molecular complexity index is 526. The number of H-pyrrole nitrogens is 1. The van der Waals surface area contributed by atoms with E-state index in [1.807, 2.05) is 0 Å². The fraction of sp³-hybridized carbons (Fsp3) is 0.636. The minimum atomic E-state index is -0.174. The van der Waals surface area contributed by atoms with Crippen LogP contribution < -0.4 is 11.1 Å². The van der Waals surface area contributed by atoms with Gasteiger partial charge in [-0.25, -0.2) is 4.68 Å². The van der Waals surface area contributed by atoms with Gasteiger partial charge in [0.15, 0.2) is 0 Å². The summed E-state index contributed by atoms with van der Waals surface area (Å²) in [5, 5.41) is 2.63. The average Bonchev–Trinajstić information content (AvgIpc) is 3.04. The van der Waals surface area contributed by atoms with Crippen molar-refractivity contribution >= 4 is 12.6 Å². The van der Waals surface area contributed by atoms with Crippen molar-refractivity contribution in [2.75, 3.05) is 5.75 Å². The number of hydrogen-bond donors (Lipinski definition) is 2. The van der Waals surface area contributed by atoms with E-state index in [9.17, 15) is 9.59 Å². The summed E-state index contributed by atoms with van der Waals surface area (Å²) in [6.07, 6.45) is 2.16. The van der Waals surface area contributed by atoms with E-state index in [0.29, 0.717) is 17.7 Å². The van der Waals surface area contributed by atoms with Gasteiger partial charge in [0, 0.05) is 17.7 Å². The van der Waals surface area contributed by atoms with Gasteiger partial charge in [0.2, 0.25) is 0 Å². The molecule has 1 heterocycles. The summed E-state index contributed by atoms with van der Waals surface area (Å²) in [5.74, 6) is 0.758. The number of thiol groups is 1. The molecule has 1 aromatic heterocycles. The molecule has 0 aliphatic heterocycles. The second kappa shape index (κ2) is 3.80. The molecule has 16 heavy (non-hydrogen) atoms. The van der Waals surface area contributed by atoms with Crippen molar-refractivity contribution in [2.24, 2.45) is 5.41 Å². The first-order valence-electron chi connectivity index (χ1n) is 5.40. The highest BCUT2D eigenvalue weighted by atomic mass is 32.1. The molecule has 0 radical (unpaired) electrons. The van der Waals surface area contributed by atoms with Crippen molar-refractivity contribution in [2.45, 2.75) is 33.2 Å². The summed E-state index contributed by atoms with van der Waals surface area (Å²) < 4.78 is 1.44. The quantitative estimate of drug-likeness (QED) is 0.770. The SMILES string of the molecule is Cc1c(C)c(=O)n(CC2(CS)CC2)[nH]c1=O. The molecule has 0 atom stereocenters. The van der Waals surface area contributed by atoms with Crippen LogP contribution in [0, 0.1) is 19.3 Å². The molecule has 1 aliphatic rings. The van der Waals surface area contributed by atoms with E-state index in [0.717, 1.165) is 18.6 Å². The highest BCUT2D eigenvalue weighted by Crippen LogP contribution is 2.47. The summed E-state index contributed by atoms with van der Waals surface area (Å²) in [4.78, 5) is 23.5. The smallest absolute Gasteiger partial charge is 0.268 e. The molecule has 5 heteroatoms. The molecular weight excluding hydrogens is 224 g/mol. The van der Waals surface area contributed by atoms with Crippen molar-refractivity contribution in [1.29, 1.82) is 0 Å². The summed E-state index contributed by atoms with van der Waals surface area (Å²) >= 11 is 4.29. The Labute approximate surface area is 99.1 Å². The van der Waals surface area contributed by atoms with Crippen molar-refractivity contribution in [3.8, 4) is 0 Å². The summed E-state index contributed by atoms with van der Waals surface area (Å²) in [5.41, 5.74) is 0.908. The Kier molecular flexibility index (Phi) is 2.74. The molecule has 1 N–H and O–H groups in total. The third-order valence-corrected chi connectivity index (χ3v) is 4.16. The second-order valence-electron chi connectivity index (χ2n) is 4.74. The van der Waals surface area contributed by atoms with Crippen LogP contribution in [0.3, 0.4) is 0 Å². The lowest BCUT2D eigenvalue weighted by atomic mass is 10.1. The zero-order valence-corrected chi connectivity index (χ0v) is 10.4. The number of aromatic nitrogens is 2. The Hall–Kier alpha value is -0.970. The largest absolute Gasteiger partial charge is 0.268 e. The van der Waals surface area contributed by atoms with E-state index >= 15 is 0 Å². The molecule has 88 valence electrons. The van der Waals surface area contributed by atoms with Crippen molar-refractivity contribution in [1.82, 2.24) is 9.78 Å². The summed E-state index contributed by atoms with van der Waals surface area (Å²) in [6.45, 7) is 3.95. The molecule has 0 bridgehead atoms. The van der Waals surface area contributed by atoms with E-state index in [1.165, 1.54) is 4.68 Å². The average molecular weight is 240 g/mol. The Morgan fingerprint density at radius 1 is 1.31 bits per heavy atom. The van der Waals surface area contributed by atoms with Gasteiger partial charge in [-0.3, -0.25) is 14.7 Å². The van der Waals surface area contributed by atoms with Gasteiger partial charge in [-0.1, -0.05) is 0 Å². The van der Waals surface area contributed by atoms with Crippen LogP contribution in [0.1, 0.15) is 24.0 Å². The first-order valence-corrected chi connectivity index (χ1v) is 6.03. The number of aromatic amines is 1. The maximum Gasteiger partial charge on any atom is 0.268 e. The molecule has 0 unspecified atom stereocenters. The van der Waals surface area contributed by atoms with E-state index in [1.54, 1.807) is 13.8 Å². The van der Waals surface area contributed by atoms with E-state index < -0.39 is 0 Å². The van der Waals surface area contributed by atoms with Crippen molar-refractivity contribution in [3.63, 3.8) is 0 Å². The lowest BCUT2D eigenvalue weighted by molar-refractivity contribution is 0.419. The van der Waals surface area contributed by atoms with Gasteiger partial charge in [-0.15, -0.1) is 0 Å². The highest BCUT2D eigenvalue weighted by molar-refractivity contribution is 7.80. The third-order valence-electron chi connectivity index (χ3n) is 3.49. The minimum Gasteiger partial charge on any atom is -0.268 e. The van der Waals surface area contributed by atoms with Crippen LogP contribution in [0.2, 0.25) is 0 Å². The number of nitrogens with zero attached hydrogens (tertiary/aromatic N) is 1. The number of nitrogens with one attached hydrogen (secondary N) is 1. The third kappa shape index (κ3) is 1.84. The molecule has 1 saturated carbocycles. The fourth-order valence-electron chi connectivity index (χ4n) is 1.78. The molecule has 2 rings (SSSR count). The normalized spacial score (nSPS) is 17.4. The first-order chi connectivity index (χ1) is 7.49. The highest BCUT2D eigenvalue weighted by Gasteiger charge is 2.42. The van der Waals surface area contributed by atoms with Gasteiger partial charge < -0.3 is 0 Å². The van der Waals surface area contributed by atoms with Gasteiger partial charge in [-0.05, 0) is 37.9 Å². The summed E-state index contributed by atoms with van der Waals surface area (Å²) in [6, 6.07) is 0. The Balaban J connectivity index is 2.43. The predicted molar refractivity (Wildman–Crippen MR) is 66.3 cm³/mol. The van der Waals surface area contributed by atoms with Gasteiger partial charge >= 0.3 is 0 Å². The van der Waals surface area contributed by atoms with Crippen molar-refractivity contribution in [3.05, 3.63) is 31.8 Å². The van der Waals surface area contributed by atoms with Gasteiger partial charge in [0.1, 0.15) is 0 Å². The molecule has 4 nitrogen and oxygen atoms in total. The Morgan fingerprint density at radius 2 is 1.94 bits per heavy atom. The van der Waals surface area contributed by atoms with E-state index in [4.69, 9.17) is 0 Å². The van der Waals surface area contributed by atoms with Crippen LogP contribution >= 0.6 is 12.6 Å². The van der Waals surface area contributed by atoms with Gasteiger partial charge in [0.25, 0.3) is 11.1 Å². The number of rotatable bonds is 3. The fourth-order valence-corrected chi connectivity index (χ4v) is 2.20. The molecule has 0 amide bonds. The molecule has 0 spiro atoms. The molecule has 1 fully saturated rings. The molecule has 1 aromatic rings. The monoisotopic (exact) mass is 240 g/mol. The zero-order chi connectivity index (χ0) is 11.9. The number of hydrogen-bond acceptors (Lipinski definition) is 3. The standard InChI is InChI=1S/C11H16N2O2S/c1-7-8(2)10(15)13(12-9(7)14)5-11(6-16)3-4-11/h16H,3-6H2,1-2H3,(H,12,14). The van der Waals surface area contributed by atoms with Crippen molar-refractivity contribution < 1.29 is 0 Å². The maximum atomic E-state index is 11.9. The maximum absolute atomic E-state index is 11.9. The zero-order valence-electron chi connectivity index (χ0n) is 9.54. The van der Waals surface area contributed by atoms with Crippen LogP contribution in [0.25, 0.3) is 0 Å². The lowest BCUT2D eigenvalue weighted by Gasteiger charge is -2.14. The van der Waals surface area contributed by atoms with Crippen LogP contribution in [0.15, 0.2) is 9.59 Å². The Morgan fingerprint density at radius 3 is 2.44 bits per heavy atom. The lowest BCUT2D eigenvalue weighted by Crippen LogP contribution is -2.35. The van der Waals surface area contributed by atoms with Crippen LogP contribution in [0.5, 0.6) is 0 Å². The molecular formula is C11H16N2O2S. The van der Waals surface area contributed by atoms with E-state index in [-0.39, 0.29) is 16.5 Å². The van der Waals surface area contributed by atoms with Gasteiger partial charge in [0.05, 0.1) is 0 Å². The van der Waals surface area contributed by atoms with Crippen LogP contribution in [-0.2, 0) is 6.54 Å². The minimum absolute atomic E-state index is 0.0924. The van der Waals surface area contributed by atoms with Crippen LogP contribution in [-0.4, -0.2) is 15.5 Å². The van der Waals surface area contributed by atoms with Gasteiger partial charge in [-0.2, -0.15) is 12.6 Å². The second-order valence-corrected chi connectivity index (χ2v) is 5.06. The van der Waals surface area contributed by atoms with Crippen LogP contribution in [0.4, 0.5) is 0 Å². The molecule has 0 aromatic carbocycles. The molecule has 0 saturated heterocycles. The summed E-state index contributed by atoms with van der Waals surface area (Å²) in [7, 11) is 0. The first kappa shape index (κ1) is 11.5. The van der Waals surface area contributed by atoms with E-state index in [2.05, 4.69) is 17.7 Å². The predicted octanol–water partition coefficient (Wildman–Crippen LogP) is 0.863. The topological polar surface area (TPSA) is 54.9 Å². The molecule has 1 aliphatic carbocycles.